The Morgan fingerprint density at radius 1 is 1.31 bits per heavy atom. The molecule has 1 saturated heterocycles. The molecular weight excluding hydrogens is 334 g/mol. The molecule has 1 amide bonds. The molecule has 0 spiro atoms. The Labute approximate surface area is 153 Å². The molecule has 1 saturated carbocycles. The van der Waals surface area contributed by atoms with Crippen LogP contribution in [-0.4, -0.2) is 37.1 Å². The van der Waals surface area contributed by atoms with Crippen LogP contribution in [0.5, 0.6) is 5.75 Å². The number of carbonyl (C=O) groups excluding carboxylic acids is 1. The lowest BCUT2D eigenvalue weighted by atomic mass is 9.75. The number of ether oxygens (including phenoxy) is 1. The Kier molecular flexibility index (Phi) is 5.76. The van der Waals surface area contributed by atoms with Crippen LogP contribution in [0.15, 0.2) is 18.2 Å². The van der Waals surface area contributed by atoms with E-state index in [4.69, 9.17) is 4.74 Å². The highest BCUT2D eigenvalue weighted by molar-refractivity contribution is 5.95. The molecule has 7 nitrogen and oxygen atoms in total. The van der Waals surface area contributed by atoms with E-state index in [1.165, 1.54) is 62.3 Å². The summed E-state index contributed by atoms with van der Waals surface area (Å²) in [5.41, 5.74) is 0.416. The third-order valence-corrected chi connectivity index (χ3v) is 6.09. The van der Waals surface area contributed by atoms with Gasteiger partial charge in [-0.1, -0.05) is 12.8 Å². The van der Waals surface area contributed by atoms with Crippen molar-refractivity contribution in [3.05, 3.63) is 28.3 Å². The Hall–Kier alpha value is -2.15. The van der Waals surface area contributed by atoms with Crippen molar-refractivity contribution < 1.29 is 19.4 Å². The number of nitro benzene ring substituents is 1. The number of benzene rings is 1. The normalized spacial score (nSPS) is 26.5. The molecule has 7 heteroatoms. The average Bonchev–Trinajstić information content (AvgIpc) is 2.67. The number of nitrogens with one attached hydrogen (secondary N) is 2. The van der Waals surface area contributed by atoms with Crippen molar-refractivity contribution in [2.45, 2.75) is 45.1 Å². The number of anilines is 1. The number of non-ortho nitro benzene ring substituents is 1. The third-order valence-electron chi connectivity index (χ3n) is 6.09. The number of piperidine rings is 1. The molecule has 1 unspecified atom stereocenters. The zero-order chi connectivity index (χ0) is 18.7. The van der Waals surface area contributed by atoms with Gasteiger partial charge in [0.1, 0.15) is 5.75 Å². The van der Waals surface area contributed by atoms with E-state index in [0.717, 1.165) is 24.9 Å². The monoisotopic (exact) mass is 362 g/mol. The lowest BCUT2D eigenvalue weighted by Gasteiger charge is -2.40. The molecule has 1 heterocycles. The zero-order valence-corrected chi connectivity index (χ0v) is 15.5. The molecule has 2 fully saturated rings. The van der Waals surface area contributed by atoms with E-state index in [-0.39, 0.29) is 17.6 Å². The fourth-order valence-electron chi connectivity index (χ4n) is 4.46. The van der Waals surface area contributed by atoms with Crippen molar-refractivity contribution in [3.8, 4) is 5.75 Å². The Morgan fingerprint density at radius 2 is 2.04 bits per heavy atom. The van der Waals surface area contributed by atoms with Gasteiger partial charge >= 0.3 is 0 Å². The molecule has 0 bridgehead atoms. The van der Waals surface area contributed by atoms with Crippen LogP contribution in [0.3, 0.4) is 0 Å². The van der Waals surface area contributed by atoms with Crippen LogP contribution in [-0.2, 0) is 4.79 Å². The smallest absolute Gasteiger partial charge is 0.282 e. The highest BCUT2D eigenvalue weighted by Crippen LogP contribution is 2.33. The fraction of sp³-hybridized carbons (Fsp3) is 0.632. The number of rotatable bonds is 5. The maximum Gasteiger partial charge on any atom is 0.282 e. The van der Waals surface area contributed by atoms with Crippen molar-refractivity contribution in [2.75, 3.05) is 25.5 Å². The summed E-state index contributed by atoms with van der Waals surface area (Å²) in [5.74, 6) is 1.83. The van der Waals surface area contributed by atoms with Crippen molar-refractivity contribution in [2.24, 2.45) is 11.8 Å². The van der Waals surface area contributed by atoms with Crippen LogP contribution >= 0.6 is 0 Å². The van der Waals surface area contributed by atoms with E-state index in [0.29, 0.717) is 11.4 Å². The predicted octanol–water partition coefficient (Wildman–Crippen LogP) is 2.03. The number of nitrogens with zero attached hydrogens (tertiary/aromatic N) is 1. The molecule has 142 valence electrons. The molecule has 26 heavy (non-hydrogen) atoms. The predicted molar refractivity (Wildman–Crippen MR) is 98.5 cm³/mol. The molecule has 2 aliphatic rings. The van der Waals surface area contributed by atoms with Crippen LogP contribution in [0.25, 0.3) is 0 Å². The first-order valence-electron chi connectivity index (χ1n) is 9.47. The summed E-state index contributed by atoms with van der Waals surface area (Å²) in [7, 11) is 1.44. The van der Waals surface area contributed by atoms with Crippen molar-refractivity contribution in [1.29, 1.82) is 0 Å². The highest BCUT2D eigenvalue weighted by atomic mass is 16.6. The number of likely N-dealkylation sites (tertiary alicyclic amines) is 1. The van der Waals surface area contributed by atoms with Crippen molar-refractivity contribution in [1.82, 2.24) is 0 Å². The topological polar surface area (TPSA) is 85.9 Å². The molecule has 2 N–H and O–H groups in total. The summed E-state index contributed by atoms with van der Waals surface area (Å²) in [6, 6.07) is 4.09. The van der Waals surface area contributed by atoms with Crippen LogP contribution < -0.4 is 15.0 Å². The summed E-state index contributed by atoms with van der Waals surface area (Å²) in [6.07, 6.45) is 6.51. The number of hydrogen-bond donors (Lipinski definition) is 2. The number of carbonyl (C=O) groups is 1. The second-order valence-electron chi connectivity index (χ2n) is 7.56. The van der Waals surface area contributed by atoms with Gasteiger partial charge in [-0.25, -0.2) is 0 Å². The van der Waals surface area contributed by atoms with Gasteiger partial charge in [0.05, 0.1) is 36.9 Å². The Morgan fingerprint density at radius 3 is 2.73 bits per heavy atom. The molecule has 1 aromatic carbocycles. The Bertz CT molecular complexity index is 679. The van der Waals surface area contributed by atoms with Gasteiger partial charge in [-0.05, 0) is 38.2 Å². The second kappa shape index (κ2) is 8.03. The molecule has 4 atom stereocenters. The van der Waals surface area contributed by atoms with Crippen LogP contribution in [0.2, 0.25) is 0 Å². The van der Waals surface area contributed by atoms with Gasteiger partial charge < -0.3 is 15.0 Å². The minimum Gasteiger partial charge on any atom is -0.494 e. The fourth-order valence-corrected chi connectivity index (χ4v) is 4.46. The van der Waals surface area contributed by atoms with E-state index in [1.807, 2.05) is 6.92 Å². The van der Waals surface area contributed by atoms with Gasteiger partial charge in [0.25, 0.3) is 11.6 Å². The van der Waals surface area contributed by atoms with Gasteiger partial charge in [0.15, 0.2) is 6.04 Å². The maximum absolute atomic E-state index is 12.7. The van der Waals surface area contributed by atoms with Gasteiger partial charge in [0, 0.05) is 12.0 Å². The number of quaternary nitrogens is 1. The van der Waals surface area contributed by atoms with Crippen LogP contribution in [0, 0.1) is 22.0 Å². The van der Waals surface area contributed by atoms with Crippen molar-refractivity contribution in [3.63, 3.8) is 0 Å². The van der Waals surface area contributed by atoms with E-state index < -0.39 is 4.92 Å². The van der Waals surface area contributed by atoms with Crippen LogP contribution in [0.1, 0.15) is 39.0 Å². The van der Waals surface area contributed by atoms with Gasteiger partial charge in [-0.3, -0.25) is 14.9 Å². The molecule has 1 aliphatic heterocycles. The number of methoxy groups -OCH3 is 1. The first-order valence-corrected chi connectivity index (χ1v) is 9.47. The second-order valence-corrected chi connectivity index (χ2v) is 7.56. The number of amides is 1. The van der Waals surface area contributed by atoms with E-state index >= 15 is 0 Å². The minimum atomic E-state index is -0.477. The molecule has 3 rings (SSSR count). The SMILES string of the molecule is COc1cc([N+](=O)[O-])ccc1NC(=O)[C@@H](C)[NH+]1CC[C@@H]2CCCC[C@@H]2C1. The van der Waals surface area contributed by atoms with Gasteiger partial charge in [-0.2, -0.15) is 0 Å². The lowest BCUT2D eigenvalue weighted by molar-refractivity contribution is -0.924. The largest absolute Gasteiger partial charge is 0.494 e. The Balaban J connectivity index is 1.65. The van der Waals surface area contributed by atoms with Crippen LogP contribution in [0.4, 0.5) is 11.4 Å². The van der Waals surface area contributed by atoms with Crippen molar-refractivity contribution >= 4 is 17.3 Å². The number of fused-ring (bicyclic) bond motifs is 1. The lowest BCUT2D eigenvalue weighted by Crippen LogP contribution is -3.18. The van der Waals surface area contributed by atoms with E-state index in [2.05, 4.69) is 5.32 Å². The molecule has 0 radical (unpaired) electrons. The average molecular weight is 362 g/mol. The minimum absolute atomic E-state index is 0.0575. The quantitative estimate of drug-likeness (QED) is 0.620. The maximum atomic E-state index is 12.7. The number of hydrogen-bond acceptors (Lipinski definition) is 4. The number of nitro groups is 1. The van der Waals surface area contributed by atoms with E-state index in [1.54, 1.807) is 0 Å². The summed E-state index contributed by atoms with van der Waals surface area (Å²) < 4.78 is 5.21. The first kappa shape index (κ1) is 18.6. The molecule has 1 aromatic rings. The summed E-state index contributed by atoms with van der Waals surface area (Å²) in [6.45, 7) is 4.06. The summed E-state index contributed by atoms with van der Waals surface area (Å²) in [5, 5.41) is 13.8. The first-order chi connectivity index (χ1) is 12.5. The third kappa shape index (κ3) is 3.98. The highest BCUT2D eigenvalue weighted by Gasteiger charge is 2.37. The van der Waals surface area contributed by atoms with Gasteiger partial charge in [-0.15, -0.1) is 0 Å². The van der Waals surface area contributed by atoms with E-state index in [9.17, 15) is 14.9 Å². The standard InChI is InChI=1S/C19H27N3O4/c1-13(21-10-9-14-5-3-4-6-15(14)12-21)19(23)20-17-8-7-16(22(24)25)11-18(17)26-2/h7-8,11,13-15H,3-6,9-10,12H2,1-2H3,(H,20,23)/p+1/t13-,14+,15-/m1/s1. The van der Waals surface area contributed by atoms with Gasteiger partial charge in [0.2, 0.25) is 0 Å². The summed E-state index contributed by atoms with van der Waals surface area (Å²) >= 11 is 0. The zero-order valence-electron chi connectivity index (χ0n) is 15.5. The molecular formula is C19H28N3O4+. The molecule has 1 aliphatic carbocycles. The summed E-state index contributed by atoms with van der Waals surface area (Å²) in [4.78, 5) is 24.5. The molecule has 0 aromatic heterocycles.